The summed E-state index contributed by atoms with van der Waals surface area (Å²) in [6.45, 7) is 0. The van der Waals surface area contributed by atoms with E-state index in [-0.39, 0.29) is 15.8 Å². The highest BCUT2D eigenvalue weighted by atomic mass is 79.9. The third kappa shape index (κ3) is 4.40. The zero-order valence-corrected chi connectivity index (χ0v) is 16.8. The van der Waals surface area contributed by atoms with E-state index in [9.17, 15) is 12.8 Å². The summed E-state index contributed by atoms with van der Waals surface area (Å²) in [5, 5.41) is 0.253. The van der Waals surface area contributed by atoms with Crippen LogP contribution in [0.1, 0.15) is 10.4 Å². The molecule has 136 valence electrons. The van der Waals surface area contributed by atoms with Crippen molar-refractivity contribution in [3.63, 3.8) is 0 Å². The fourth-order valence-electron chi connectivity index (χ4n) is 2.27. The lowest BCUT2D eigenvalue weighted by molar-refractivity contribution is 0.411. The number of anilines is 1. The van der Waals surface area contributed by atoms with Gasteiger partial charge in [-0.25, -0.2) is 17.8 Å². The average molecular weight is 457 g/mol. The summed E-state index contributed by atoms with van der Waals surface area (Å²) in [5.74, 6) is 0.230. The van der Waals surface area contributed by atoms with Crippen molar-refractivity contribution >= 4 is 42.4 Å². The van der Waals surface area contributed by atoms with Crippen molar-refractivity contribution in [3.05, 3.63) is 69.4 Å². The first-order chi connectivity index (χ1) is 12.4. The Morgan fingerprint density at radius 1 is 1.27 bits per heavy atom. The summed E-state index contributed by atoms with van der Waals surface area (Å²) < 4.78 is 46.4. The van der Waals surface area contributed by atoms with E-state index in [1.165, 1.54) is 42.7 Å². The molecule has 5 nitrogen and oxygen atoms in total. The zero-order chi connectivity index (χ0) is 18.7. The number of halogens is 2. The number of hydrogen-bond acceptors (Lipinski definition) is 5. The number of aromatic nitrogens is 1. The minimum atomic E-state index is -3.77. The van der Waals surface area contributed by atoms with Crippen LogP contribution < -0.4 is 9.46 Å². The molecule has 26 heavy (non-hydrogen) atoms. The molecule has 0 saturated carbocycles. The molecule has 0 amide bonds. The van der Waals surface area contributed by atoms with Gasteiger partial charge in [-0.1, -0.05) is 12.1 Å². The molecule has 0 aliphatic heterocycles. The van der Waals surface area contributed by atoms with Crippen molar-refractivity contribution in [3.8, 4) is 5.75 Å². The number of nitrogens with zero attached hydrogens (tertiary/aromatic N) is 1. The van der Waals surface area contributed by atoms with Crippen LogP contribution in [0, 0.1) is 5.82 Å². The van der Waals surface area contributed by atoms with Gasteiger partial charge in [0.2, 0.25) is 0 Å². The topological polar surface area (TPSA) is 68.3 Å². The Labute approximate surface area is 163 Å². The lowest BCUT2D eigenvalue weighted by Crippen LogP contribution is -2.12. The van der Waals surface area contributed by atoms with Crippen LogP contribution in [-0.2, 0) is 16.4 Å². The van der Waals surface area contributed by atoms with Gasteiger partial charge < -0.3 is 4.74 Å². The number of thiazole rings is 1. The van der Waals surface area contributed by atoms with Gasteiger partial charge >= 0.3 is 0 Å². The Morgan fingerprint density at radius 2 is 2.08 bits per heavy atom. The van der Waals surface area contributed by atoms with Crippen molar-refractivity contribution in [2.24, 2.45) is 0 Å². The van der Waals surface area contributed by atoms with Crippen LogP contribution >= 0.6 is 27.3 Å². The smallest absolute Gasteiger partial charge is 0.263 e. The van der Waals surface area contributed by atoms with Crippen molar-refractivity contribution < 1.29 is 17.5 Å². The molecule has 0 bridgehead atoms. The first-order valence-corrected chi connectivity index (χ1v) is 10.5. The van der Waals surface area contributed by atoms with Crippen LogP contribution in [0.4, 0.5) is 9.52 Å². The fourth-order valence-corrected chi connectivity index (χ4v) is 5.08. The van der Waals surface area contributed by atoms with E-state index in [2.05, 4.69) is 25.6 Å². The van der Waals surface area contributed by atoms with Crippen molar-refractivity contribution in [1.29, 1.82) is 0 Å². The molecule has 2 aromatic carbocycles. The number of sulfonamides is 1. The Morgan fingerprint density at radius 3 is 2.77 bits per heavy atom. The van der Waals surface area contributed by atoms with Gasteiger partial charge in [-0.3, -0.25) is 4.72 Å². The first kappa shape index (κ1) is 18.8. The highest BCUT2D eigenvalue weighted by Gasteiger charge is 2.18. The second-order valence-electron chi connectivity index (χ2n) is 5.34. The van der Waals surface area contributed by atoms with E-state index in [4.69, 9.17) is 4.74 Å². The molecule has 9 heteroatoms. The van der Waals surface area contributed by atoms with Crippen LogP contribution in [0.15, 0.2) is 58.0 Å². The normalized spacial score (nSPS) is 11.3. The number of hydrogen-bond donors (Lipinski definition) is 1. The SMILES string of the molecule is COc1ccc(S(=O)(=O)Nc2ncc(Cc3cccc(F)c3)s2)cc1Br. The molecule has 0 aliphatic carbocycles. The molecule has 0 saturated heterocycles. The Bertz CT molecular complexity index is 1040. The minimum absolute atomic E-state index is 0.0899. The standard InChI is InChI=1S/C17H14BrFN2O3S2/c1-24-16-6-5-14(9-15(16)18)26(22,23)21-17-20-10-13(25-17)8-11-3-2-4-12(19)7-11/h2-7,9-10H,8H2,1H3,(H,20,21). The van der Waals surface area contributed by atoms with Crippen LogP contribution in [0.25, 0.3) is 0 Å². The molecule has 0 spiro atoms. The van der Waals surface area contributed by atoms with Gasteiger partial charge in [0.1, 0.15) is 11.6 Å². The summed E-state index contributed by atoms with van der Waals surface area (Å²) in [5.41, 5.74) is 0.794. The quantitative estimate of drug-likeness (QED) is 0.594. The van der Waals surface area contributed by atoms with E-state index in [1.807, 2.05) is 6.07 Å². The molecular formula is C17H14BrFN2O3S2. The maximum atomic E-state index is 13.3. The summed E-state index contributed by atoms with van der Waals surface area (Å²) in [6, 6.07) is 10.7. The average Bonchev–Trinajstić information content (AvgIpc) is 3.01. The predicted molar refractivity (Wildman–Crippen MR) is 103 cm³/mol. The molecule has 0 unspecified atom stereocenters. The van der Waals surface area contributed by atoms with Gasteiger partial charge in [0.15, 0.2) is 5.13 Å². The molecule has 1 heterocycles. The molecule has 3 rings (SSSR count). The first-order valence-electron chi connectivity index (χ1n) is 7.43. The largest absolute Gasteiger partial charge is 0.496 e. The summed E-state index contributed by atoms with van der Waals surface area (Å²) in [4.78, 5) is 5.01. The lowest BCUT2D eigenvalue weighted by atomic mass is 10.1. The van der Waals surface area contributed by atoms with Gasteiger partial charge in [-0.05, 0) is 51.8 Å². The fraction of sp³-hybridized carbons (Fsp3) is 0.118. The van der Waals surface area contributed by atoms with Crippen molar-refractivity contribution in [2.45, 2.75) is 11.3 Å². The highest BCUT2D eigenvalue weighted by molar-refractivity contribution is 9.10. The number of nitrogens with one attached hydrogen (secondary N) is 1. The second-order valence-corrected chi connectivity index (χ2v) is 8.99. The van der Waals surface area contributed by atoms with Gasteiger partial charge in [-0.2, -0.15) is 0 Å². The number of ether oxygens (including phenoxy) is 1. The lowest BCUT2D eigenvalue weighted by Gasteiger charge is -2.08. The summed E-state index contributed by atoms with van der Waals surface area (Å²) in [7, 11) is -2.27. The van der Waals surface area contributed by atoms with E-state index in [1.54, 1.807) is 18.3 Å². The highest BCUT2D eigenvalue weighted by Crippen LogP contribution is 2.29. The molecule has 0 radical (unpaired) electrons. The van der Waals surface area contributed by atoms with Crippen LogP contribution in [0.5, 0.6) is 5.75 Å². The van der Waals surface area contributed by atoms with Crippen molar-refractivity contribution in [1.82, 2.24) is 4.98 Å². The van der Waals surface area contributed by atoms with E-state index < -0.39 is 10.0 Å². The number of rotatable bonds is 6. The van der Waals surface area contributed by atoms with Gasteiger partial charge in [-0.15, -0.1) is 11.3 Å². The van der Waals surface area contributed by atoms with Crippen molar-refractivity contribution in [2.75, 3.05) is 11.8 Å². The number of benzene rings is 2. The van der Waals surface area contributed by atoms with Crippen LogP contribution in [0.3, 0.4) is 0 Å². The molecule has 0 aliphatic rings. The third-order valence-corrected chi connectivity index (χ3v) is 6.47. The van der Waals surface area contributed by atoms with Crippen LogP contribution in [-0.4, -0.2) is 20.5 Å². The van der Waals surface area contributed by atoms with Gasteiger partial charge in [0.25, 0.3) is 10.0 Å². The third-order valence-electron chi connectivity index (χ3n) is 3.48. The van der Waals surface area contributed by atoms with E-state index in [0.717, 1.165) is 10.4 Å². The van der Waals surface area contributed by atoms with Gasteiger partial charge in [0.05, 0.1) is 16.5 Å². The second kappa shape index (κ2) is 7.73. The summed E-state index contributed by atoms with van der Waals surface area (Å²) in [6.07, 6.45) is 2.06. The van der Waals surface area contributed by atoms with E-state index in [0.29, 0.717) is 16.6 Å². The molecule has 1 N–H and O–H groups in total. The molecular weight excluding hydrogens is 443 g/mol. The monoisotopic (exact) mass is 456 g/mol. The maximum Gasteiger partial charge on any atom is 0.263 e. The predicted octanol–water partition coefficient (Wildman–Crippen LogP) is 4.44. The molecule has 3 aromatic rings. The Hall–Kier alpha value is -1.97. The maximum absolute atomic E-state index is 13.3. The number of methoxy groups -OCH3 is 1. The molecule has 0 atom stereocenters. The van der Waals surface area contributed by atoms with E-state index >= 15 is 0 Å². The Balaban J connectivity index is 1.76. The van der Waals surface area contributed by atoms with Crippen LogP contribution in [0.2, 0.25) is 0 Å². The molecule has 1 aromatic heterocycles. The molecule has 0 fully saturated rings. The Kier molecular flexibility index (Phi) is 5.59. The van der Waals surface area contributed by atoms with Gasteiger partial charge in [0, 0.05) is 17.5 Å². The minimum Gasteiger partial charge on any atom is -0.496 e. The summed E-state index contributed by atoms with van der Waals surface area (Å²) >= 11 is 4.48. The zero-order valence-electron chi connectivity index (χ0n) is 13.6.